The minimum absolute atomic E-state index is 0.0569. The molecule has 4 aromatic rings. The number of fused-ring (bicyclic) bond motifs is 1. The van der Waals surface area contributed by atoms with Gasteiger partial charge in [-0.3, -0.25) is 9.69 Å². The predicted molar refractivity (Wildman–Crippen MR) is 141 cm³/mol. The van der Waals surface area contributed by atoms with E-state index in [0.29, 0.717) is 41.2 Å². The third kappa shape index (κ3) is 4.98. The Morgan fingerprint density at radius 1 is 0.972 bits per heavy atom. The van der Waals surface area contributed by atoms with Crippen molar-refractivity contribution in [1.29, 1.82) is 0 Å². The molecule has 186 valence electrons. The number of hydrogen-bond donors (Lipinski definition) is 1. The highest BCUT2D eigenvalue weighted by molar-refractivity contribution is 6.30. The van der Waals surface area contributed by atoms with E-state index in [9.17, 15) is 9.90 Å². The Bertz CT molecular complexity index is 1430. The molecule has 0 unspecified atom stereocenters. The average molecular weight is 507 g/mol. The molecule has 0 amide bonds. The minimum atomic E-state index is -0.311. The van der Waals surface area contributed by atoms with E-state index in [-0.39, 0.29) is 16.9 Å². The number of ether oxygens (including phenoxy) is 2. The van der Waals surface area contributed by atoms with Crippen molar-refractivity contribution in [2.24, 2.45) is 0 Å². The molecule has 0 radical (unpaired) electrons. The van der Waals surface area contributed by atoms with Crippen molar-refractivity contribution < 1.29 is 19.0 Å². The second-order valence-corrected chi connectivity index (χ2v) is 9.03. The molecule has 0 atom stereocenters. The van der Waals surface area contributed by atoms with Gasteiger partial charge in [-0.05, 0) is 49.4 Å². The van der Waals surface area contributed by atoms with Gasteiger partial charge in [0.2, 0.25) is 11.2 Å². The van der Waals surface area contributed by atoms with E-state index in [1.54, 1.807) is 18.2 Å². The molecule has 8 heteroatoms. The zero-order valence-corrected chi connectivity index (χ0v) is 20.7. The number of nitrogens with zero attached hydrogens (tertiary/aromatic N) is 2. The molecule has 36 heavy (non-hydrogen) atoms. The Morgan fingerprint density at radius 2 is 1.75 bits per heavy atom. The number of aromatic hydroxyl groups is 1. The highest BCUT2D eigenvalue weighted by atomic mass is 35.5. The maximum absolute atomic E-state index is 13.2. The van der Waals surface area contributed by atoms with Gasteiger partial charge in [-0.1, -0.05) is 29.8 Å². The fourth-order valence-corrected chi connectivity index (χ4v) is 4.63. The zero-order chi connectivity index (χ0) is 25.1. The summed E-state index contributed by atoms with van der Waals surface area (Å²) in [5, 5.41) is 11.7. The number of rotatable bonds is 7. The van der Waals surface area contributed by atoms with E-state index in [4.69, 9.17) is 25.5 Å². The number of hydrogen-bond acceptors (Lipinski definition) is 7. The van der Waals surface area contributed by atoms with Crippen LogP contribution in [0.25, 0.3) is 11.0 Å². The summed E-state index contributed by atoms with van der Waals surface area (Å²) in [6, 6.07) is 18.1. The molecule has 1 saturated heterocycles. The Labute approximate surface area is 214 Å². The third-order valence-corrected chi connectivity index (χ3v) is 6.52. The van der Waals surface area contributed by atoms with Crippen LogP contribution in [0.2, 0.25) is 5.02 Å². The summed E-state index contributed by atoms with van der Waals surface area (Å²) in [6.45, 7) is 6.06. The van der Waals surface area contributed by atoms with Gasteiger partial charge in [0.25, 0.3) is 0 Å². The van der Waals surface area contributed by atoms with Gasteiger partial charge in [0.15, 0.2) is 11.5 Å². The first-order chi connectivity index (χ1) is 17.5. The van der Waals surface area contributed by atoms with E-state index < -0.39 is 0 Å². The first-order valence-corrected chi connectivity index (χ1v) is 12.3. The first kappa shape index (κ1) is 24.0. The summed E-state index contributed by atoms with van der Waals surface area (Å²) >= 11 is 6.15. The number of benzene rings is 3. The van der Waals surface area contributed by atoms with Crippen molar-refractivity contribution in [3.63, 3.8) is 0 Å². The fourth-order valence-electron chi connectivity index (χ4n) is 4.44. The van der Waals surface area contributed by atoms with Gasteiger partial charge in [-0.2, -0.15) is 0 Å². The highest BCUT2D eigenvalue weighted by Gasteiger charge is 2.22. The number of halogens is 1. The maximum Gasteiger partial charge on any atom is 0.235 e. The predicted octanol–water partition coefficient (Wildman–Crippen LogP) is 5.67. The van der Waals surface area contributed by atoms with Crippen molar-refractivity contribution in [2.45, 2.75) is 13.5 Å². The van der Waals surface area contributed by atoms with Gasteiger partial charge in [0.1, 0.15) is 17.6 Å². The van der Waals surface area contributed by atoms with Gasteiger partial charge < -0.3 is 23.9 Å². The van der Waals surface area contributed by atoms with Crippen molar-refractivity contribution in [3.05, 3.63) is 87.7 Å². The van der Waals surface area contributed by atoms with Crippen LogP contribution in [0.4, 0.5) is 5.69 Å². The van der Waals surface area contributed by atoms with Gasteiger partial charge in [-0.15, -0.1) is 0 Å². The summed E-state index contributed by atoms with van der Waals surface area (Å²) in [5.41, 5.74) is 1.74. The van der Waals surface area contributed by atoms with Crippen LogP contribution in [0.5, 0.6) is 23.0 Å². The second kappa shape index (κ2) is 10.5. The fraction of sp³-hybridized carbons (Fsp3) is 0.250. The van der Waals surface area contributed by atoms with Crippen LogP contribution in [0.1, 0.15) is 12.5 Å². The average Bonchev–Trinajstić information content (AvgIpc) is 2.89. The lowest BCUT2D eigenvalue weighted by Gasteiger charge is -2.36. The van der Waals surface area contributed by atoms with E-state index >= 15 is 0 Å². The molecule has 5 rings (SSSR count). The van der Waals surface area contributed by atoms with Crippen LogP contribution in [0, 0.1) is 0 Å². The van der Waals surface area contributed by atoms with Crippen LogP contribution in [-0.2, 0) is 6.54 Å². The Balaban J connectivity index is 1.36. The van der Waals surface area contributed by atoms with Crippen LogP contribution in [0.3, 0.4) is 0 Å². The van der Waals surface area contributed by atoms with E-state index in [0.717, 1.165) is 36.9 Å². The Hall–Kier alpha value is -3.68. The molecular weight excluding hydrogens is 480 g/mol. The molecule has 1 fully saturated rings. The molecule has 2 heterocycles. The van der Waals surface area contributed by atoms with Gasteiger partial charge in [0, 0.05) is 43.4 Å². The number of phenols is 1. The second-order valence-electron chi connectivity index (χ2n) is 8.59. The topological polar surface area (TPSA) is 75.4 Å². The third-order valence-electron chi connectivity index (χ3n) is 6.28. The zero-order valence-electron chi connectivity index (χ0n) is 19.9. The molecule has 1 aliphatic rings. The number of piperazine rings is 1. The Kier molecular flexibility index (Phi) is 7.02. The van der Waals surface area contributed by atoms with Crippen LogP contribution >= 0.6 is 11.6 Å². The standard InChI is InChI=1S/C28H27ClN2O5/c1-2-34-24-8-3-4-9-25(24)36-26-18-35-28-21(27(26)33)10-11-23(32)22(28)17-30-12-14-31(15-13-30)20-7-5-6-19(29)16-20/h3-11,16,18,32H,2,12-15,17H2,1H3. The quantitative estimate of drug-likeness (QED) is 0.346. The van der Waals surface area contributed by atoms with Crippen LogP contribution in [-0.4, -0.2) is 42.8 Å². The van der Waals surface area contributed by atoms with E-state index in [2.05, 4.69) is 15.9 Å². The number of para-hydroxylation sites is 2. The molecular formula is C28H27ClN2O5. The minimum Gasteiger partial charge on any atom is -0.507 e. The molecule has 1 N–H and O–H groups in total. The number of phenolic OH excluding ortho intramolecular Hbond substituents is 1. The normalized spacial score (nSPS) is 14.2. The summed E-state index contributed by atoms with van der Waals surface area (Å²) in [5.74, 6) is 1.13. The molecule has 1 aromatic heterocycles. The van der Waals surface area contributed by atoms with Crippen molar-refractivity contribution in [2.75, 3.05) is 37.7 Å². The molecule has 3 aromatic carbocycles. The lowest BCUT2D eigenvalue weighted by atomic mass is 10.1. The highest BCUT2D eigenvalue weighted by Crippen LogP contribution is 2.33. The summed E-state index contributed by atoms with van der Waals surface area (Å²) in [4.78, 5) is 17.8. The van der Waals surface area contributed by atoms with Crippen LogP contribution < -0.4 is 19.8 Å². The van der Waals surface area contributed by atoms with Gasteiger partial charge in [0.05, 0.1) is 17.6 Å². The van der Waals surface area contributed by atoms with Crippen LogP contribution in [0.15, 0.2) is 76.1 Å². The molecule has 1 aliphatic heterocycles. The number of anilines is 1. The largest absolute Gasteiger partial charge is 0.507 e. The lowest BCUT2D eigenvalue weighted by molar-refractivity contribution is 0.246. The monoisotopic (exact) mass is 506 g/mol. The van der Waals surface area contributed by atoms with Crippen molar-refractivity contribution in [3.8, 4) is 23.0 Å². The summed E-state index contributed by atoms with van der Waals surface area (Å²) in [6.07, 6.45) is 1.30. The molecule has 7 nitrogen and oxygen atoms in total. The van der Waals surface area contributed by atoms with Gasteiger partial charge in [-0.25, -0.2) is 0 Å². The lowest BCUT2D eigenvalue weighted by Crippen LogP contribution is -2.46. The molecule has 0 saturated carbocycles. The van der Waals surface area contributed by atoms with Gasteiger partial charge >= 0.3 is 0 Å². The summed E-state index contributed by atoms with van der Waals surface area (Å²) < 4.78 is 17.3. The maximum atomic E-state index is 13.2. The van der Waals surface area contributed by atoms with Crippen molar-refractivity contribution >= 4 is 28.3 Å². The molecule has 0 bridgehead atoms. The summed E-state index contributed by atoms with van der Waals surface area (Å²) in [7, 11) is 0. The van der Waals surface area contributed by atoms with E-state index in [1.807, 2.05) is 37.3 Å². The smallest absolute Gasteiger partial charge is 0.235 e. The van der Waals surface area contributed by atoms with E-state index in [1.165, 1.54) is 12.3 Å². The van der Waals surface area contributed by atoms with Crippen molar-refractivity contribution in [1.82, 2.24) is 4.90 Å². The Morgan fingerprint density at radius 3 is 2.50 bits per heavy atom. The molecule has 0 aliphatic carbocycles. The molecule has 0 spiro atoms. The first-order valence-electron chi connectivity index (χ1n) is 11.9. The SMILES string of the molecule is CCOc1ccccc1Oc1coc2c(CN3CCN(c4cccc(Cl)c4)CC3)c(O)ccc2c1=O.